The Bertz CT molecular complexity index is 267. The van der Waals surface area contributed by atoms with E-state index in [2.05, 4.69) is 24.3 Å². The fourth-order valence-corrected chi connectivity index (χ4v) is 1.12. The van der Waals surface area contributed by atoms with Crippen molar-refractivity contribution in [3.8, 4) is 0 Å². The van der Waals surface area contributed by atoms with E-state index in [4.69, 9.17) is 5.73 Å². The van der Waals surface area contributed by atoms with Gasteiger partial charge in [0.25, 0.3) is 0 Å². The number of hydrogen-bond acceptors (Lipinski definition) is 3. The number of nitrogens with two attached hydrogens (primary N) is 1. The Morgan fingerprint density at radius 2 is 2.38 bits per heavy atom. The Labute approximate surface area is 79.1 Å². The highest BCUT2D eigenvalue weighted by Gasteiger charge is 2.04. The maximum Gasteiger partial charge on any atom is 0.149 e. The third kappa shape index (κ3) is 2.73. The summed E-state index contributed by atoms with van der Waals surface area (Å²) in [6, 6.07) is 0.527. The monoisotopic (exact) mass is 182 g/mol. The van der Waals surface area contributed by atoms with Crippen LogP contribution in [-0.4, -0.2) is 15.8 Å². The number of aryl methyl sites for hydroxylation is 1. The summed E-state index contributed by atoms with van der Waals surface area (Å²) in [5.41, 5.74) is 6.77. The minimum absolute atomic E-state index is 0.527. The minimum atomic E-state index is 0.527. The third-order valence-electron chi connectivity index (χ3n) is 2.19. The summed E-state index contributed by atoms with van der Waals surface area (Å²) < 4.78 is 1.74. The molecule has 0 saturated carbocycles. The predicted octanol–water partition coefficient (Wildman–Crippen LogP) is 0.890. The van der Waals surface area contributed by atoms with Crippen LogP contribution in [0.3, 0.4) is 0 Å². The molecule has 1 atom stereocenters. The van der Waals surface area contributed by atoms with Crippen LogP contribution >= 0.6 is 0 Å². The Hall–Kier alpha value is -1.03. The van der Waals surface area contributed by atoms with Crippen molar-refractivity contribution in [2.24, 2.45) is 7.05 Å². The van der Waals surface area contributed by atoms with Crippen molar-refractivity contribution in [2.45, 2.75) is 32.9 Å². The molecule has 0 amide bonds. The SMILES string of the molecule is CCC(C)NCc1cn(C)nc1N. The number of aromatic nitrogens is 2. The van der Waals surface area contributed by atoms with Gasteiger partial charge >= 0.3 is 0 Å². The van der Waals surface area contributed by atoms with Gasteiger partial charge in [0, 0.05) is 31.4 Å². The standard InChI is InChI=1S/C9H18N4/c1-4-7(2)11-5-8-6-13(3)12-9(8)10/h6-7,11H,4-5H2,1-3H3,(H2,10,12). The van der Waals surface area contributed by atoms with E-state index in [0.29, 0.717) is 11.9 Å². The fourth-order valence-electron chi connectivity index (χ4n) is 1.12. The summed E-state index contributed by atoms with van der Waals surface area (Å²) in [6.07, 6.45) is 3.07. The van der Waals surface area contributed by atoms with Crippen LogP contribution in [-0.2, 0) is 13.6 Å². The highest BCUT2D eigenvalue weighted by molar-refractivity contribution is 5.36. The molecule has 4 heteroatoms. The molecule has 0 aromatic carbocycles. The van der Waals surface area contributed by atoms with Crippen molar-refractivity contribution in [1.82, 2.24) is 15.1 Å². The molecule has 0 spiro atoms. The summed E-state index contributed by atoms with van der Waals surface area (Å²) in [5, 5.41) is 7.44. The van der Waals surface area contributed by atoms with E-state index in [-0.39, 0.29) is 0 Å². The van der Waals surface area contributed by atoms with E-state index < -0.39 is 0 Å². The molecule has 1 aromatic heterocycles. The van der Waals surface area contributed by atoms with Crippen LogP contribution in [0.1, 0.15) is 25.8 Å². The lowest BCUT2D eigenvalue weighted by atomic mass is 10.2. The molecule has 4 nitrogen and oxygen atoms in total. The number of nitrogens with zero attached hydrogens (tertiary/aromatic N) is 2. The quantitative estimate of drug-likeness (QED) is 0.727. The zero-order valence-electron chi connectivity index (χ0n) is 8.54. The van der Waals surface area contributed by atoms with E-state index in [9.17, 15) is 0 Å². The second-order valence-electron chi connectivity index (χ2n) is 3.40. The Morgan fingerprint density at radius 1 is 1.69 bits per heavy atom. The molecule has 0 bridgehead atoms. The van der Waals surface area contributed by atoms with Crippen LogP contribution in [0, 0.1) is 0 Å². The van der Waals surface area contributed by atoms with Gasteiger partial charge in [-0.2, -0.15) is 5.10 Å². The van der Waals surface area contributed by atoms with Gasteiger partial charge in [0.15, 0.2) is 0 Å². The summed E-state index contributed by atoms with van der Waals surface area (Å²) >= 11 is 0. The second-order valence-corrected chi connectivity index (χ2v) is 3.40. The van der Waals surface area contributed by atoms with E-state index in [1.165, 1.54) is 0 Å². The van der Waals surface area contributed by atoms with Crippen molar-refractivity contribution in [3.63, 3.8) is 0 Å². The molecule has 0 saturated heterocycles. The zero-order chi connectivity index (χ0) is 9.84. The van der Waals surface area contributed by atoms with E-state index in [1.54, 1.807) is 4.68 Å². The molecule has 0 fully saturated rings. The molecule has 1 aromatic rings. The lowest BCUT2D eigenvalue weighted by molar-refractivity contribution is 0.534. The summed E-state index contributed by atoms with van der Waals surface area (Å²) in [5.74, 6) is 0.623. The van der Waals surface area contributed by atoms with E-state index in [0.717, 1.165) is 18.5 Å². The predicted molar refractivity (Wildman–Crippen MR) is 54.2 cm³/mol. The number of rotatable bonds is 4. The van der Waals surface area contributed by atoms with Gasteiger partial charge < -0.3 is 11.1 Å². The van der Waals surface area contributed by atoms with Gasteiger partial charge in [-0.25, -0.2) is 0 Å². The van der Waals surface area contributed by atoms with Crippen molar-refractivity contribution < 1.29 is 0 Å². The highest BCUT2D eigenvalue weighted by atomic mass is 15.3. The molecule has 13 heavy (non-hydrogen) atoms. The first-order valence-corrected chi connectivity index (χ1v) is 4.64. The van der Waals surface area contributed by atoms with Gasteiger partial charge in [-0.05, 0) is 13.3 Å². The summed E-state index contributed by atoms with van der Waals surface area (Å²) in [6.45, 7) is 5.12. The first-order valence-electron chi connectivity index (χ1n) is 4.64. The largest absolute Gasteiger partial charge is 0.382 e. The Morgan fingerprint density at radius 3 is 2.85 bits per heavy atom. The van der Waals surface area contributed by atoms with Gasteiger partial charge in [-0.1, -0.05) is 6.92 Å². The average molecular weight is 182 g/mol. The van der Waals surface area contributed by atoms with Crippen molar-refractivity contribution in [3.05, 3.63) is 11.8 Å². The third-order valence-corrected chi connectivity index (χ3v) is 2.19. The molecule has 0 aliphatic heterocycles. The normalized spacial score (nSPS) is 13.2. The zero-order valence-corrected chi connectivity index (χ0v) is 8.54. The van der Waals surface area contributed by atoms with Gasteiger partial charge in [-0.3, -0.25) is 4.68 Å². The van der Waals surface area contributed by atoms with E-state index in [1.807, 2.05) is 13.2 Å². The Balaban J connectivity index is 2.49. The summed E-state index contributed by atoms with van der Waals surface area (Å²) in [4.78, 5) is 0. The summed E-state index contributed by atoms with van der Waals surface area (Å²) in [7, 11) is 1.88. The molecule has 74 valence electrons. The van der Waals surface area contributed by atoms with Gasteiger partial charge in [-0.15, -0.1) is 0 Å². The molecule has 0 aliphatic carbocycles. The maximum atomic E-state index is 5.70. The number of nitrogen functional groups attached to an aromatic ring is 1. The number of nitrogens with one attached hydrogen (secondary N) is 1. The topological polar surface area (TPSA) is 55.9 Å². The van der Waals surface area contributed by atoms with Crippen LogP contribution in [0.15, 0.2) is 6.20 Å². The number of anilines is 1. The van der Waals surface area contributed by atoms with Crippen LogP contribution in [0.5, 0.6) is 0 Å². The Kier molecular flexibility index (Phi) is 3.31. The van der Waals surface area contributed by atoms with Gasteiger partial charge in [0.2, 0.25) is 0 Å². The van der Waals surface area contributed by atoms with Crippen LogP contribution < -0.4 is 11.1 Å². The van der Waals surface area contributed by atoms with Crippen molar-refractivity contribution in [1.29, 1.82) is 0 Å². The molecule has 1 rings (SSSR count). The smallest absolute Gasteiger partial charge is 0.149 e. The maximum absolute atomic E-state index is 5.70. The molecule has 1 unspecified atom stereocenters. The molecule has 3 N–H and O–H groups in total. The van der Waals surface area contributed by atoms with E-state index >= 15 is 0 Å². The van der Waals surface area contributed by atoms with Gasteiger partial charge in [0.1, 0.15) is 5.82 Å². The van der Waals surface area contributed by atoms with Crippen molar-refractivity contribution in [2.75, 3.05) is 5.73 Å². The van der Waals surface area contributed by atoms with Crippen LogP contribution in [0.25, 0.3) is 0 Å². The van der Waals surface area contributed by atoms with Crippen LogP contribution in [0.4, 0.5) is 5.82 Å². The molecular weight excluding hydrogens is 164 g/mol. The first kappa shape index (κ1) is 10.1. The first-order chi connectivity index (χ1) is 6.13. The highest BCUT2D eigenvalue weighted by Crippen LogP contribution is 2.07. The van der Waals surface area contributed by atoms with Crippen LogP contribution in [0.2, 0.25) is 0 Å². The number of hydrogen-bond donors (Lipinski definition) is 2. The van der Waals surface area contributed by atoms with Gasteiger partial charge in [0.05, 0.1) is 0 Å². The fraction of sp³-hybridized carbons (Fsp3) is 0.667. The minimum Gasteiger partial charge on any atom is -0.382 e. The average Bonchev–Trinajstić information content (AvgIpc) is 2.41. The molecule has 0 aliphatic rings. The molecule has 1 heterocycles. The van der Waals surface area contributed by atoms with Crippen molar-refractivity contribution >= 4 is 5.82 Å². The molecular formula is C9H18N4. The second kappa shape index (κ2) is 4.28. The lowest BCUT2D eigenvalue weighted by Gasteiger charge is -2.09. The lowest BCUT2D eigenvalue weighted by Crippen LogP contribution is -2.24. The molecule has 0 radical (unpaired) electrons.